The zero-order valence-electron chi connectivity index (χ0n) is 23.4. The summed E-state index contributed by atoms with van der Waals surface area (Å²) in [4.78, 5) is 6.43. The van der Waals surface area contributed by atoms with E-state index in [-0.39, 0.29) is 23.0 Å². The van der Waals surface area contributed by atoms with E-state index < -0.39 is 11.6 Å². The fraction of sp³-hybridized carbons (Fsp3) is 0.484. The van der Waals surface area contributed by atoms with Crippen molar-refractivity contribution < 1.29 is 20.1 Å². The second kappa shape index (κ2) is 12.8. The third-order valence-electron chi connectivity index (χ3n) is 7.91. The Morgan fingerprint density at radius 2 is 1.88 bits per heavy atom. The molecule has 0 amide bonds. The monoisotopic (exact) mass is 547 g/mol. The molecule has 9 heteroatoms. The largest absolute Gasteiger partial charge is 0.432 e. The van der Waals surface area contributed by atoms with Crippen LogP contribution in [0.4, 0.5) is 5.82 Å². The summed E-state index contributed by atoms with van der Waals surface area (Å²) < 4.78 is 5.55. The first kappa shape index (κ1) is 29.6. The number of piperidine rings is 1. The molecule has 2 aromatic rings. The van der Waals surface area contributed by atoms with Gasteiger partial charge in [0.1, 0.15) is 5.60 Å². The van der Waals surface area contributed by atoms with Crippen molar-refractivity contribution in [1.29, 1.82) is 5.41 Å². The number of aliphatic hydroxyl groups is 3. The Morgan fingerprint density at radius 1 is 1.15 bits per heavy atom. The van der Waals surface area contributed by atoms with Gasteiger partial charge in [-0.25, -0.2) is 4.98 Å². The van der Waals surface area contributed by atoms with Gasteiger partial charge in [0.25, 0.3) is 0 Å². The van der Waals surface area contributed by atoms with Crippen molar-refractivity contribution in [2.75, 3.05) is 25.9 Å². The van der Waals surface area contributed by atoms with Crippen molar-refractivity contribution in [2.45, 2.75) is 69.5 Å². The molecule has 2 fully saturated rings. The number of anilines is 1. The van der Waals surface area contributed by atoms with E-state index in [1.54, 1.807) is 25.3 Å². The van der Waals surface area contributed by atoms with Gasteiger partial charge in [-0.2, -0.15) is 0 Å². The van der Waals surface area contributed by atoms with Crippen LogP contribution in [0.3, 0.4) is 0 Å². The number of hydrogen-bond acceptors (Lipinski definition) is 9. The molecule has 1 saturated carbocycles. The van der Waals surface area contributed by atoms with E-state index in [2.05, 4.69) is 34.1 Å². The van der Waals surface area contributed by atoms with Gasteiger partial charge in [-0.15, -0.1) is 0 Å². The predicted octanol–water partition coefficient (Wildman–Crippen LogP) is 3.19. The van der Waals surface area contributed by atoms with E-state index in [1.165, 1.54) is 37.0 Å². The van der Waals surface area contributed by atoms with E-state index >= 15 is 0 Å². The lowest BCUT2D eigenvalue weighted by molar-refractivity contribution is -0.303. The highest BCUT2D eigenvalue weighted by molar-refractivity contribution is 6.08. The smallest absolute Gasteiger partial charge is 0.351 e. The fourth-order valence-electron chi connectivity index (χ4n) is 5.26. The highest BCUT2D eigenvalue weighted by atomic mass is 16.8. The first-order chi connectivity index (χ1) is 19.1. The second-order valence-corrected chi connectivity index (χ2v) is 11.1. The number of pyridine rings is 1. The summed E-state index contributed by atoms with van der Waals surface area (Å²) in [5, 5.41) is 43.9. The lowest BCUT2D eigenvalue weighted by Crippen LogP contribution is -2.38. The third kappa shape index (κ3) is 7.61. The summed E-state index contributed by atoms with van der Waals surface area (Å²) in [6, 6.07) is 8.23. The van der Waals surface area contributed by atoms with Gasteiger partial charge < -0.3 is 41.4 Å². The molecule has 1 aromatic carbocycles. The molecule has 1 aliphatic carbocycles. The van der Waals surface area contributed by atoms with Crippen LogP contribution in [0.5, 0.6) is 5.75 Å². The van der Waals surface area contributed by atoms with Crippen LogP contribution in [-0.4, -0.2) is 63.2 Å². The summed E-state index contributed by atoms with van der Waals surface area (Å²) in [7, 11) is 2.10. The van der Waals surface area contributed by atoms with Gasteiger partial charge in [-0.05, 0) is 82.9 Å². The highest BCUT2D eigenvalue weighted by Crippen LogP contribution is 2.33. The van der Waals surface area contributed by atoms with Crippen molar-refractivity contribution in [3.8, 4) is 17.6 Å². The Morgan fingerprint density at radius 3 is 2.58 bits per heavy atom. The van der Waals surface area contributed by atoms with E-state index in [1.807, 2.05) is 0 Å². The van der Waals surface area contributed by atoms with Crippen molar-refractivity contribution in [1.82, 2.24) is 15.2 Å². The van der Waals surface area contributed by atoms with Crippen LogP contribution in [0, 0.1) is 23.2 Å². The number of nitrogens with one attached hydrogen (secondary N) is 2. The molecule has 4 rings (SSSR count). The summed E-state index contributed by atoms with van der Waals surface area (Å²) in [6.45, 7) is 3.76. The molecule has 2 aliphatic rings. The molecule has 1 aromatic heterocycles. The molecule has 0 radical (unpaired) electrons. The lowest BCUT2D eigenvalue weighted by atomic mass is 9.78. The Labute approximate surface area is 236 Å². The van der Waals surface area contributed by atoms with Crippen LogP contribution in [0.1, 0.15) is 68.6 Å². The van der Waals surface area contributed by atoms with Gasteiger partial charge in [0.05, 0.1) is 5.56 Å². The molecule has 2 heterocycles. The quantitative estimate of drug-likeness (QED) is 0.168. The van der Waals surface area contributed by atoms with Gasteiger partial charge in [0, 0.05) is 41.4 Å². The van der Waals surface area contributed by atoms with Crippen LogP contribution in [0.15, 0.2) is 42.7 Å². The normalized spacial score (nSPS) is 19.3. The van der Waals surface area contributed by atoms with Crippen molar-refractivity contribution in [3.05, 3.63) is 59.4 Å². The molecular formula is C31H41N5O4. The Hall–Kier alpha value is -3.42. The summed E-state index contributed by atoms with van der Waals surface area (Å²) in [6.07, 6.45) is 11.8. The highest BCUT2D eigenvalue weighted by Gasteiger charge is 2.32. The SMILES string of the molecule is CN1CCC(N/C=C(\C=N)c2cnc(N)c(OC(O)(O)c3cccc(C#CC(C)(O)C4CCCCC4)c3)c2)CC1. The maximum atomic E-state index is 10.9. The minimum absolute atomic E-state index is 0.0247. The Balaban J connectivity index is 1.50. The van der Waals surface area contributed by atoms with E-state index in [0.717, 1.165) is 51.6 Å². The van der Waals surface area contributed by atoms with Crippen LogP contribution in [0.2, 0.25) is 0 Å². The van der Waals surface area contributed by atoms with Gasteiger partial charge in [-0.3, -0.25) is 0 Å². The van der Waals surface area contributed by atoms with E-state index in [9.17, 15) is 15.3 Å². The topological polar surface area (TPSA) is 148 Å². The average molecular weight is 548 g/mol. The van der Waals surface area contributed by atoms with Gasteiger partial charge in [-0.1, -0.05) is 37.2 Å². The number of rotatable bonds is 8. The molecule has 1 unspecified atom stereocenters. The lowest BCUT2D eigenvalue weighted by Gasteiger charge is -2.31. The molecule has 7 N–H and O–H groups in total. The minimum Gasteiger partial charge on any atom is -0.432 e. The molecule has 0 spiro atoms. The predicted molar refractivity (Wildman–Crippen MR) is 156 cm³/mol. The molecule has 1 saturated heterocycles. The Bertz CT molecular complexity index is 1270. The van der Waals surface area contributed by atoms with Crippen molar-refractivity contribution >= 4 is 17.6 Å². The fourth-order valence-corrected chi connectivity index (χ4v) is 5.26. The number of likely N-dealkylation sites (tertiary alicyclic amines) is 1. The molecule has 9 nitrogen and oxygen atoms in total. The first-order valence-corrected chi connectivity index (χ1v) is 14.0. The number of ether oxygens (including phenoxy) is 1. The number of allylic oxidation sites excluding steroid dienone is 1. The van der Waals surface area contributed by atoms with Crippen LogP contribution < -0.4 is 15.8 Å². The van der Waals surface area contributed by atoms with Crippen molar-refractivity contribution in [2.24, 2.45) is 5.92 Å². The summed E-state index contributed by atoms with van der Waals surface area (Å²) >= 11 is 0. The number of nitrogens with zero attached hydrogens (tertiary/aromatic N) is 2. The molecule has 0 bridgehead atoms. The van der Waals surface area contributed by atoms with E-state index in [4.69, 9.17) is 15.9 Å². The third-order valence-corrected chi connectivity index (χ3v) is 7.91. The van der Waals surface area contributed by atoms with Crippen LogP contribution in [0.25, 0.3) is 5.57 Å². The number of nitrogens with two attached hydrogens (primary N) is 1. The van der Waals surface area contributed by atoms with Crippen LogP contribution >= 0.6 is 0 Å². The number of aromatic nitrogens is 1. The summed E-state index contributed by atoms with van der Waals surface area (Å²) in [5.41, 5.74) is 6.55. The number of nitrogen functional groups attached to an aromatic ring is 1. The van der Waals surface area contributed by atoms with Gasteiger partial charge in [0.15, 0.2) is 11.6 Å². The average Bonchev–Trinajstić information content (AvgIpc) is 2.95. The number of hydrogen-bond donors (Lipinski definition) is 6. The Kier molecular flexibility index (Phi) is 9.48. The van der Waals surface area contributed by atoms with Crippen molar-refractivity contribution in [3.63, 3.8) is 0 Å². The molecule has 214 valence electrons. The second-order valence-electron chi connectivity index (χ2n) is 11.1. The molecular weight excluding hydrogens is 506 g/mol. The standard InChI is InChI=1S/C31H41N5O4/c1-30(37,25-8-4-3-5-9-25)14-11-22-7-6-10-26(17-22)31(38,39)40-28-18-23(20-35-29(28)33)24(19-32)21-34-27-12-15-36(2)16-13-27/h6-7,10,17-21,25,27,32,34,37-39H,3-5,8-9,12-13,15-16H2,1-2H3,(H2,33,35)/b24-21+,32-19?. The number of benzene rings is 1. The van der Waals surface area contributed by atoms with Crippen LogP contribution in [-0.2, 0) is 5.97 Å². The molecule has 1 atom stereocenters. The molecule has 1 aliphatic heterocycles. The minimum atomic E-state index is -2.72. The van der Waals surface area contributed by atoms with Gasteiger partial charge >= 0.3 is 5.97 Å². The first-order valence-electron chi connectivity index (χ1n) is 14.0. The summed E-state index contributed by atoms with van der Waals surface area (Å²) in [5.74, 6) is 3.31. The maximum absolute atomic E-state index is 10.9. The zero-order chi connectivity index (χ0) is 28.8. The molecule has 40 heavy (non-hydrogen) atoms. The zero-order valence-corrected chi connectivity index (χ0v) is 23.4. The maximum Gasteiger partial charge on any atom is 0.351 e. The van der Waals surface area contributed by atoms with E-state index in [0.29, 0.717) is 22.7 Å². The van der Waals surface area contributed by atoms with Gasteiger partial charge in [0.2, 0.25) is 0 Å².